The van der Waals surface area contributed by atoms with E-state index in [1.165, 1.54) is 16.1 Å². The summed E-state index contributed by atoms with van der Waals surface area (Å²) in [5.41, 5.74) is 7.63. The fourth-order valence-electron chi connectivity index (χ4n) is 4.71. The molecule has 0 aliphatic heterocycles. The van der Waals surface area contributed by atoms with Crippen LogP contribution in [0.25, 0.3) is 11.3 Å². The Morgan fingerprint density at radius 2 is 1.77 bits per heavy atom. The monoisotopic (exact) mass is 666 g/mol. The van der Waals surface area contributed by atoms with Gasteiger partial charge in [0, 0.05) is 73.2 Å². The maximum absolute atomic E-state index is 12.6. The van der Waals surface area contributed by atoms with E-state index in [0.29, 0.717) is 23.6 Å². The van der Waals surface area contributed by atoms with Gasteiger partial charge in [-0.2, -0.15) is 0 Å². The Labute approximate surface area is 290 Å². The number of amides is 1. The molecule has 0 aliphatic rings. The standard InChI is InChI=1S/C25H30N4O2.C7H12N2S.C7H8/c1-18(2)23-12-20(15-27-16-23)14-26-7-5-8-28-25(31)22-11-19(17-30)10-21(13-22)24-6-4-9-29(24)3;1-6-5-10-7(8-6)4-9(2)3;1-7-5-3-2-4-6-7/h4,6,9-13,15-18,26H,5,7-8,14H2,1-3H3,(H,28,31);5H,4H2,1-3H3;2-6H,1H3. The number of aldehydes is 1. The summed E-state index contributed by atoms with van der Waals surface area (Å²) in [7, 11) is 6.04. The van der Waals surface area contributed by atoms with Crippen molar-refractivity contribution in [2.45, 2.75) is 53.1 Å². The Bertz CT molecular complexity index is 1690. The molecular formula is C39H50N6O2S. The zero-order valence-electron chi connectivity index (χ0n) is 29.4. The van der Waals surface area contributed by atoms with Gasteiger partial charge in [-0.3, -0.25) is 14.6 Å². The lowest BCUT2D eigenvalue weighted by molar-refractivity contribution is 0.0953. The van der Waals surface area contributed by atoms with Crippen LogP contribution in [-0.2, 0) is 20.1 Å². The first-order chi connectivity index (χ1) is 23.0. The van der Waals surface area contributed by atoms with E-state index in [1.54, 1.807) is 23.5 Å². The fraction of sp³-hybridized carbons (Fsp3) is 0.333. The third kappa shape index (κ3) is 13.4. The van der Waals surface area contributed by atoms with E-state index in [0.717, 1.165) is 54.9 Å². The molecule has 0 radical (unpaired) electrons. The zero-order chi connectivity index (χ0) is 34.9. The van der Waals surface area contributed by atoms with E-state index in [9.17, 15) is 9.59 Å². The first-order valence-electron chi connectivity index (χ1n) is 16.3. The molecule has 5 aromatic rings. The number of rotatable bonds is 12. The number of carbonyl (C=O) groups is 2. The highest BCUT2D eigenvalue weighted by Gasteiger charge is 2.11. The summed E-state index contributed by atoms with van der Waals surface area (Å²) < 4.78 is 1.96. The number of nitrogens with zero attached hydrogens (tertiary/aromatic N) is 4. The predicted molar refractivity (Wildman–Crippen MR) is 199 cm³/mol. The maximum Gasteiger partial charge on any atom is 0.251 e. The van der Waals surface area contributed by atoms with Crippen molar-refractivity contribution in [3.05, 3.63) is 129 Å². The molecule has 9 heteroatoms. The molecule has 0 saturated carbocycles. The van der Waals surface area contributed by atoms with Crippen molar-refractivity contribution in [1.82, 2.24) is 30.1 Å². The lowest BCUT2D eigenvalue weighted by atomic mass is 10.0. The van der Waals surface area contributed by atoms with Crippen LogP contribution in [0.4, 0.5) is 0 Å². The number of carbonyl (C=O) groups excluding carboxylic acids is 2. The minimum Gasteiger partial charge on any atom is -0.352 e. The molecule has 1 amide bonds. The van der Waals surface area contributed by atoms with Crippen molar-refractivity contribution in [1.29, 1.82) is 0 Å². The van der Waals surface area contributed by atoms with Crippen LogP contribution in [-0.4, -0.2) is 58.8 Å². The van der Waals surface area contributed by atoms with Gasteiger partial charge in [-0.05, 0) is 93.8 Å². The molecule has 0 aliphatic carbocycles. The summed E-state index contributed by atoms with van der Waals surface area (Å²) in [4.78, 5) is 34.7. The van der Waals surface area contributed by atoms with Gasteiger partial charge in [0.05, 0.1) is 0 Å². The summed E-state index contributed by atoms with van der Waals surface area (Å²) in [6.45, 7) is 11.5. The number of aromatic nitrogens is 3. The summed E-state index contributed by atoms with van der Waals surface area (Å²) in [6, 6.07) is 21.6. The van der Waals surface area contributed by atoms with Gasteiger partial charge in [-0.1, -0.05) is 55.8 Å². The van der Waals surface area contributed by atoms with E-state index in [2.05, 4.69) is 83.9 Å². The average Bonchev–Trinajstić information content (AvgIpc) is 3.70. The van der Waals surface area contributed by atoms with E-state index in [-0.39, 0.29) is 5.91 Å². The van der Waals surface area contributed by atoms with E-state index < -0.39 is 0 Å². The summed E-state index contributed by atoms with van der Waals surface area (Å²) in [6.07, 6.45) is 7.31. The predicted octanol–water partition coefficient (Wildman–Crippen LogP) is 7.44. The van der Waals surface area contributed by atoms with Crippen LogP contribution in [0.3, 0.4) is 0 Å². The minimum absolute atomic E-state index is 0.173. The molecule has 3 aromatic heterocycles. The van der Waals surface area contributed by atoms with E-state index in [4.69, 9.17) is 0 Å². The highest BCUT2D eigenvalue weighted by molar-refractivity contribution is 7.09. The topological polar surface area (TPSA) is 92.2 Å². The second-order valence-corrected chi connectivity index (χ2v) is 13.3. The molecule has 0 fully saturated rings. The van der Waals surface area contributed by atoms with Gasteiger partial charge in [0.2, 0.25) is 0 Å². The van der Waals surface area contributed by atoms with Gasteiger partial charge >= 0.3 is 0 Å². The fourth-order valence-corrected chi connectivity index (χ4v) is 5.60. The third-order valence-corrected chi connectivity index (χ3v) is 8.23. The van der Waals surface area contributed by atoms with Crippen molar-refractivity contribution in [3.63, 3.8) is 0 Å². The zero-order valence-corrected chi connectivity index (χ0v) is 30.2. The number of thiazole rings is 1. The number of pyridine rings is 1. The smallest absolute Gasteiger partial charge is 0.251 e. The van der Waals surface area contributed by atoms with Crippen molar-refractivity contribution in [2.75, 3.05) is 27.2 Å². The Kier molecular flexibility index (Phi) is 15.9. The summed E-state index contributed by atoms with van der Waals surface area (Å²) >= 11 is 1.73. The lowest BCUT2D eigenvalue weighted by Gasteiger charge is -2.10. The number of nitrogens with one attached hydrogen (secondary N) is 2. The number of hydrogen-bond acceptors (Lipinski definition) is 7. The largest absolute Gasteiger partial charge is 0.352 e. The third-order valence-electron chi connectivity index (χ3n) is 7.28. The van der Waals surface area contributed by atoms with Crippen LogP contribution in [0.15, 0.2) is 90.7 Å². The first-order valence-corrected chi connectivity index (χ1v) is 17.2. The number of aryl methyl sites for hydroxylation is 3. The van der Waals surface area contributed by atoms with Crippen LogP contribution < -0.4 is 10.6 Å². The molecule has 0 spiro atoms. The highest BCUT2D eigenvalue weighted by Crippen LogP contribution is 2.22. The van der Waals surface area contributed by atoms with Crippen LogP contribution >= 0.6 is 11.3 Å². The molecule has 0 saturated heterocycles. The second kappa shape index (κ2) is 20.0. The number of benzene rings is 2. The molecule has 2 aromatic carbocycles. The van der Waals surface area contributed by atoms with Crippen molar-refractivity contribution >= 4 is 23.5 Å². The Morgan fingerprint density at radius 3 is 2.35 bits per heavy atom. The Morgan fingerprint density at radius 1 is 1.00 bits per heavy atom. The summed E-state index contributed by atoms with van der Waals surface area (Å²) in [5, 5.41) is 9.62. The molecule has 0 bridgehead atoms. The first kappa shape index (κ1) is 38.0. The van der Waals surface area contributed by atoms with Gasteiger partial charge in [-0.25, -0.2) is 4.98 Å². The van der Waals surface area contributed by atoms with Crippen molar-refractivity contribution in [2.24, 2.45) is 7.05 Å². The van der Waals surface area contributed by atoms with Crippen LogP contribution in [0, 0.1) is 13.8 Å². The molecule has 48 heavy (non-hydrogen) atoms. The molecular weight excluding hydrogens is 617 g/mol. The maximum atomic E-state index is 12.6. The van der Waals surface area contributed by atoms with Gasteiger partial charge in [0.25, 0.3) is 5.91 Å². The SMILES string of the molecule is CC(C)c1cncc(CNCCCNC(=O)c2cc(C=O)cc(-c3cccn3C)c2)c1.Cc1ccccc1.Cc1csc(CN(C)C)n1. The van der Waals surface area contributed by atoms with E-state index >= 15 is 0 Å². The molecule has 0 atom stereocenters. The highest BCUT2D eigenvalue weighted by atomic mass is 32.1. The van der Waals surface area contributed by atoms with Crippen LogP contribution in [0.5, 0.6) is 0 Å². The molecule has 2 N–H and O–H groups in total. The number of hydrogen-bond donors (Lipinski definition) is 2. The van der Waals surface area contributed by atoms with E-state index in [1.807, 2.05) is 73.5 Å². The molecule has 0 unspecified atom stereocenters. The lowest BCUT2D eigenvalue weighted by Crippen LogP contribution is -2.27. The van der Waals surface area contributed by atoms with Crippen molar-refractivity contribution in [3.8, 4) is 11.3 Å². The Balaban J connectivity index is 0.000000297. The summed E-state index contributed by atoms with van der Waals surface area (Å²) in [5.74, 6) is 0.288. The second-order valence-electron chi connectivity index (χ2n) is 12.3. The quantitative estimate of drug-likeness (QED) is 0.106. The minimum atomic E-state index is -0.173. The molecule has 3 heterocycles. The molecule has 254 valence electrons. The Hall–Kier alpha value is -4.44. The molecule has 8 nitrogen and oxygen atoms in total. The normalized spacial score (nSPS) is 10.6. The average molecular weight is 667 g/mol. The van der Waals surface area contributed by atoms with Gasteiger partial charge in [0.15, 0.2) is 0 Å². The van der Waals surface area contributed by atoms with Crippen LogP contribution in [0.1, 0.15) is 74.3 Å². The molecule has 5 rings (SSSR count). The van der Waals surface area contributed by atoms with Gasteiger partial charge in [-0.15, -0.1) is 11.3 Å². The van der Waals surface area contributed by atoms with Gasteiger partial charge in [0.1, 0.15) is 11.3 Å². The van der Waals surface area contributed by atoms with Gasteiger partial charge < -0.3 is 20.1 Å². The van der Waals surface area contributed by atoms with Crippen molar-refractivity contribution < 1.29 is 9.59 Å². The van der Waals surface area contributed by atoms with Crippen LogP contribution in [0.2, 0.25) is 0 Å².